The first-order valence-corrected chi connectivity index (χ1v) is 12.7. The fourth-order valence-corrected chi connectivity index (χ4v) is 5.07. The summed E-state index contributed by atoms with van der Waals surface area (Å²) in [6.45, 7) is 0.385. The van der Waals surface area contributed by atoms with Gasteiger partial charge in [-0.15, -0.1) is 0 Å². The monoisotopic (exact) mass is 525 g/mol. The van der Waals surface area contributed by atoms with Crippen LogP contribution in [0.15, 0.2) is 66.7 Å². The minimum absolute atomic E-state index is 0.0592. The molecule has 0 radical (unpaired) electrons. The predicted octanol–water partition coefficient (Wildman–Crippen LogP) is 2.66. The molecule has 0 aromatic heterocycles. The van der Waals surface area contributed by atoms with Crippen molar-refractivity contribution in [3.63, 3.8) is 0 Å². The number of benzene rings is 3. The van der Waals surface area contributed by atoms with Crippen molar-refractivity contribution in [2.24, 2.45) is 0 Å². The van der Waals surface area contributed by atoms with Crippen LogP contribution < -0.4 is 15.4 Å². The maximum absolute atomic E-state index is 13.5. The second-order valence-corrected chi connectivity index (χ2v) is 9.46. The van der Waals surface area contributed by atoms with E-state index in [-0.39, 0.29) is 36.3 Å². The molecule has 0 spiro atoms. The first-order chi connectivity index (χ1) is 18.9. The molecular formula is C30H27N3O6. The topological polar surface area (TPSA) is 122 Å². The smallest absolute Gasteiger partial charge is 0.262 e. The van der Waals surface area contributed by atoms with E-state index >= 15 is 0 Å². The number of amides is 5. The number of fused-ring (bicyclic) bond motifs is 1. The number of methoxy groups -OCH3 is 1. The highest BCUT2D eigenvalue weighted by Crippen LogP contribution is 2.36. The Bertz CT molecular complexity index is 1480. The number of hydrogen-bond donors (Lipinski definition) is 2. The van der Waals surface area contributed by atoms with E-state index in [1.807, 2.05) is 48.5 Å². The highest BCUT2D eigenvalue weighted by molar-refractivity contribution is 6.25. The van der Waals surface area contributed by atoms with Gasteiger partial charge in [0.05, 0.1) is 24.7 Å². The van der Waals surface area contributed by atoms with Crippen LogP contribution in [0.4, 0.5) is 0 Å². The molecule has 1 unspecified atom stereocenters. The lowest BCUT2D eigenvalue weighted by Crippen LogP contribution is -2.54. The highest BCUT2D eigenvalue weighted by Gasteiger charge is 2.45. The summed E-state index contributed by atoms with van der Waals surface area (Å²) in [5.74, 6) is -1.55. The van der Waals surface area contributed by atoms with E-state index in [0.717, 1.165) is 27.3 Å². The molecule has 39 heavy (non-hydrogen) atoms. The Labute approximate surface area is 225 Å². The maximum atomic E-state index is 13.5. The van der Waals surface area contributed by atoms with Crippen molar-refractivity contribution in [2.45, 2.75) is 31.7 Å². The van der Waals surface area contributed by atoms with Crippen molar-refractivity contribution in [3.05, 3.63) is 89.0 Å². The van der Waals surface area contributed by atoms with Crippen LogP contribution >= 0.6 is 0 Å². The van der Waals surface area contributed by atoms with Crippen LogP contribution in [-0.2, 0) is 27.2 Å². The van der Waals surface area contributed by atoms with Gasteiger partial charge in [-0.1, -0.05) is 48.5 Å². The maximum Gasteiger partial charge on any atom is 0.262 e. The van der Waals surface area contributed by atoms with Gasteiger partial charge < -0.3 is 10.1 Å². The van der Waals surface area contributed by atoms with Crippen LogP contribution in [0, 0.1) is 0 Å². The fraction of sp³-hybridized carbons (Fsp3) is 0.233. The molecule has 9 heteroatoms. The molecule has 0 saturated carbocycles. The Morgan fingerprint density at radius 3 is 2.38 bits per heavy atom. The van der Waals surface area contributed by atoms with Gasteiger partial charge in [0.25, 0.3) is 11.8 Å². The van der Waals surface area contributed by atoms with E-state index in [0.29, 0.717) is 18.5 Å². The summed E-state index contributed by atoms with van der Waals surface area (Å²) >= 11 is 0. The number of ether oxygens (including phenoxy) is 1. The summed E-state index contributed by atoms with van der Waals surface area (Å²) < 4.78 is 5.15. The number of piperidine rings is 1. The molecule has 0 bridgehead atoms. The molecule has 5 amide bonds. The van der Waals surface area contributed by atoms with Gasteiger partial charge in [0, 0.05) is 13.0 Å². The molecule has 2 aliphatic rings. The zero-order valence-electron chi connectivity index (χ0n) is 21.4. The van der Waals surface area contributed by atoms with Crippen molar-refractivity contribution in [1.82, 2.24) is 15.5 Å². The number of nitrogens with zero attached hydrogens (tertiary/aromatic N) is 1. The summed E-state index contributed by atoms with van der Waals surface area (Å²) in [6.07, 6.45) is 0.903. The van der Waals surface area contributed by atoms with E-state index in [9.17, 15) is 24.0 Å². The van der Waals surface area contributed by atoms with Gasteiger partial charge in [0.2, 0.25) is 17.7 Å². The Kier molecular flexibility index (Phi) is 7.23. The van der Waals surface area contributed by atoms with Crippen molar-refractivity contribution in [3.8, 4) is 16.9 Å². The first-order valence-electron chi connectivity index (χ1n) is 12.7. The lowest BCUT2D eigenvalue weighted by molar-refractivity contribution is -0.136. The van der Waals surface area contributed by atoms with Crippen LogP contribution in [0.3, 0.4) is 0 Å². The van der Waals surface area contributed by atoms with E-state index in [1.165, 1.54) is 0 Å². The van der Waals surface area contributed by atoms with Crippen molar-refractivity contribution in [1.29, 1.82) is 0 Å². The SMILES string of the molecule is COc1ccc(CC(=O)NCCc2ccccc2-c2cccc3c2C(=O)N(C2CCC(=O)NC2=O)C3=O)cc1. The summed E-state index contributed by atoms with van der Waals surface area (Å²) in [7, 11) is 1.59. The minimum Gasteiger partial charge on any atom is -0.497 e. The van der Waals surface area contributed by atoms with Crippen LogP contribution in [0.25, 0.3) is 11.1 Å². The normalized spacial score (nSPS) is 16.6. The van der Waals surface area contributed by atoms with Gasteiger partial charge in [0.15, 0.2) is 0 Å². The largest absolute Gasteiger partial charge is 0.497 e. The Hall–Kier alpha value is -4.79. The molecule has 0 aliphatic carbocycles. The lowest BCUT2D eigenvalue weighted by Gasteiger charge is -2.27. The number of nitrogens with one attached hydrogen (secondary N) is 2. The van der Waals surface area contributed by atoms with E-state index < -0.39 is 29.7 Å². The second-order valence-electron chi connectivity index (χ2n) is 9.46. The number of rotatable bonds is 8. The summed E-state index contributed by atoms with van der Waals surface area (Å²) in [5.41, 5.74) is 3.59. The highest BCUT2D eigenvalue weighted by atomic mass is 16.5. The Morgan fingerprint density at radius 1 is 0.923 bits per heavy atom. The third kappa shape index (κ3) is 5.16. The minimum atomic E-state index is -1.03. The van der Waals surface area contributed by atoms with Crippen molar-refractivity contribution >= 4 is 29.5 Å². The molecular weight excluding hydrogens is 498 g/mol. The Morgan fingerprint density at radius 2 is 1.64 bits per heavy atom. The summed E-state index contributed by atoms with van der Waals surface area (Å²) in [4.78, 5) is 64.2. The van der Waals surface area contributed by atoms with Crippen molar-refractivity contribution < 1.29 is 28.7 Å². The Balaban J connectivity index is 1.33. The molecule has 3 aromatic rings. The van der Waals surface area contributed by atoms with E-state index in [4.69, 9.17) is 4.74 Å². The summed E-state index contributed by atoms with van der Waals surface area (Å²) in [6, 6.07) is 18.9. The fourth-order valence-electron chi connectivity index (χ4n) is 5.07. The number of carbonyl (C=O) groups is 5. The molecule has 5 rings (SSSR count). The molecule has 2 N–H and O–H groups in total. The number of imide groups is 2. The molecule has 1 fully saturated rings. The standard InChI is InChI=1S/C30H27N3O6/c1-39-20-11-9-18(10-12-20)17-26(35)31-16-15-19-5-2-3-6-21(19)22-7-4-8-23-27(22)30(38)33(29(23)37)24-13-14-25(34)32-28(24)36/h2-12,24H,13-17H2,1H3,(H,31,35)(H,32,34,36). The zero-order valence-corrected chi connectivity index (χ0v) is 21.4. The zero-order chi connectivity index (χ0) is 27.5. The molecule has 198 valence electrons. The molecule has 1 saturated heterocycles. The van der Waals surface area contributed by atoms with Gasteiger partial charge in [-0.2, -0.15) is 0 Å². The lowest BCUT2D eigenvalue weighted by atomic mass is 9.92. The summed E-state index contributed by atoms with van der Waals surface area (Å²) in [5, 5.41) is 5.16. The van der Waals surface area contributed by atoms with E-state index in [1.54, 1.807) is 25.3 Å². The van der Waals surface area contributed by atoms with Gasteiger partial charge in [-0.05, 0) is 53.3 Å². The molecule has 1 atom stereocenters. The van der Waals surface area contributed by atoms with Crippen molar-refractivity contribution in [2.75, 3.05) is 13.7 Å². The van der Waals surface area contributed by atoms with Crippen LogP contribution in [0.5, 0.6) is 5.75 Å². The third-order valence-corrected chi connectivity index (χ3v) is 7.02. The van der Waals surface area contributed by atoms with Gasteiger partial charge in [-0.3, -0.25) is 34.2 Å². The van der Waals surface area contributed by atoms with Gasteiger partial charge in [0.1, 0.15) is 11.8 Å². The van der Waals surface area contributed by atoms with Gasteiger partial charge in [-0.25, -0.2) is 0 Å². The number of carbonyl (C=O) groups excluding carboxylic acids is 5. The second kappa shape index (κ2) is 10.9. The predicted molar refractivity (Wildman–Crippen MR) is 142 cm³/mol. The quantitative estimate of drug-likeness (QED) is 0.436. The van der Waals surface area contributed by atoms with Crippen LogP contribution in [0.2, 0.25) is 0 Å². The molecule has 9 nitrogen and oxygen atoms in total. The average Bonchev–Trinajstić information content (AvgIpc) is 3.19. The first kappa shape index (κ1) is 25.8. The van der Waals surface area contributed by atoms with Crippen LogP contribution in [0.1, 0.15) is 44.7 Å². The van der Waals surface area contributed by atoms with Crippen LogP contribution in [-0.4, -0.2) is 54.1 Å². The molecule has 2 aliphatic heterocycles. The third-order valence-electron chi connectivity index (χ3n) is 7.02. The number of hydrogen-bond acceptors (Lipinski definition) is 6. The van der Waals surface area contributed by atoms with E-state index in [2.05, 4.69) is 10.6 Å². The molecule has 2 heterocycles. The molecule has 3 aromatic carbocycles. The average molecular weight is 526 g/mol. The van der Waals surface area contributed by atoms with Gasteiger partial charge >= 0.3 is 0 Å².